The van der Waals surface area contributed by atoms with Crippen molar-refractivity contribution >= 4 is 34.0 Å². The fourth-order valence-electron chi connectivity index (χ4n) is 2.85. The monoisotopic (exact) mass is 344 g/mol. The number of carbonyl (C=O) groups is 2. The summed E-state index contributed by atoms with van der Waals surface area (Å²) in [6.45, 7) is 5.03. The molecule has 0 spiro atoms. The van der Waals surface area contributed by atoms with Crippen molar-refractivity contribution in [1.82, 2.24) is 10.3 Å². The van der Waals surface area contributed by atoms with Crippen LogP contribution in [0.15, 0.2) is 29.6 Å². The Morgan fingerprint density at radius 3 is 2.96 bits per heavy atom. The zero-order chi connectivity index (χ0) is 17.1. The molecule has 0 fully saturated rings. The number of nitrogens with one attached hydrogen (secondary N) is 2. The highest BCUT2D eigenvalue weighted by atomic mass is 32.1. The van der Waals surface area contributed by atoms with Crippen LogP contribution in [-0.4, -0.2) is 35.9 Å². The van der Waals surface area contributed by atoms with Gasteiger partial charge in [0.05, 0.1) is 0 Å². The number of rotatable bonds is 5. The lowest BCUT2D eigenvalue weighted by Gasteiger charge is -2.27. The van der Waals surface area contributed by atoms with Gasteiger partial charge in [-0.15, -0.1) is 11.3 Å². The minimum atomic E-state index is -0.220. The molecule has 2 aromatic rings. The molecule has 2 amide bonds. The third kappa shape index (κ3) is 3.56. The second-order valence-corrected chi connectivity index (χ2v) is 6.71. The third-order valence-electron chi connectivity index (χ3n) is 4.03. The molecule has 6 nitrogen and oxygen atoms in total. The molecule has 1 aromatic carbocycles. The molecule has 0 bridgehead atoms. The SMILES string of the molecule is CC(=O)Nc1nc(C(=O)NC[C@@H](C)N2CCc3ccccc32)cs1. The Balaban J connectivity index is 1.56. The van der Waals surface area contributed by atoms with Crippen LogP contribution in [-0.2, 0) is 11.2 Å². The molecule has 1 aliphatic heterocycles. The summed E-state index contributed by atoms with van der Waals surface area (Å²) in [5.41, 5.74) is 2.94. The van der Waals surface area contributed by atoms with E-state index >= 15 is 0 Å². The fraction of sp³-hybridized carbons (Fsp3) is 0.353. The Hall–Kier alpha value is -2.41. The number of hydrogen-bond acceptors (Lipinski definition) is 5. The van der Waals surface area contributed by atoms with Crippen LogP contribution in [0.1, 0.15) is 29.9 Å². The molecule has 2 N–H and O–H groups in total. The molecule has 0 unspecified atom stereocenters. The predicted octanol–water partition coefficient (Wildman–Crippen LogP) is 2.28. The van der Waals surface area contributed by atoms with Gasteiger partial charge in [0.25, 0.3) is 5.91 Å². The number of anilines is 2. The number of carbonyl (C=O) groups excluding carboxylic acids is 2. The van der Waals surface area contributed by atoms with E-state index in [2.05, 4.69) is 45.6 Å². The summed E-state index contributed by atoms with van der Waals surface area (Å²) in [5, 5.41) is 7.59. The van der Waals surface area contributed by atoms with Gasteiger partial charge >= 0.3 is 0 Å². The summed E-state index contributed by atoms with van der Waals surface area (Å²) in [5.74, 6) is -0.417. The highest BCUT2D eigenvalue weighted by Crippen LogP contribution is 2.28. The molecule has 0 saturated carbocycles. The number of nitrogens with zero attached hydrogens (tertiary/aromatic N) is 2. The molecule has 24 heavy (non-hydrogen) atoms. The Morgan fingerprint density at radius 1 is 1.38 bits per heavy atom. The van der Waals surface area contributed by atoms with Gasteiger partial charge in [-0.25, -0.2) is 4.98 Å². The quantitative estimate of drug-likeness (QED) is 0.873. The number of hydrogen-bond donors (Lipinski definition) is 2. The van der Waals surface area contributed by atoms with Crippen molar-refractivity contribution in [2.24, 2.45) is 0 Å². The maximum absolute atomic E-state index is 12.2. The molecule has 126 valence electrons. The summed E-state index contributed by atoms with van der Waals surface area (Å²) in [7, 11) is 0. The van der Waals surface area contributed by atoms with Gasteiger partial charge in [-0.2, -0.15) is 0 Å². The zero-order valence-electron chi connectivity index (χ0n) is 13.7. The number of fused-ring (bicyclic) bond motifs is 1. The van der Waals surface area contributed by atoms with E-state index in [4.69, 9.17) is 0 Å². The highest BCUT2D eigenvalue weighted by Gasteiger charge is 2.23. The fourth-order valence-corrected chi connectivity index (χ4v) is 3.59. The van der Waals surface area contributed by atoms with Crippen LogP contribution < -0.4 is 15.5 Å². The smallest absolute Gasteiger partial charge is 0.270 e. The van der Waals surface area contributed by atoms with E-state index in [1.54, 1.807) is 5.38 Å². The molecular weight excluding hydrogens is 324 g/mol. The van der Waals surface area contributed by atoms with Gasteiger partial charge in [0, 0.05) is 37.1 Å². The van der Waals surface area contributed by atoms with Crippen molar-refractivity contribution < 1.29 is 9.59 Å². The predicted molar refractivity (Wildman–Crippen MR) is 95.7 cm³/mol. The van der Waals surface area contributed by atoms with E-state index in [0.29, 0.717) is 17.4 Å². The Labute approximate surface area is 144 Å². The van der Waals surface area contributed by atoms with Gasteiger partial charge in [0.1, 0.15) is 5.69 Å². The minimum absolute atomic E-state index is 0.197. The van der Waals surface area contributed by atoms with Crippen molar-refractivity contribution in [3.63, 3.8) is 0 Å². The van der Waals surface area contributed by atoms with Gasteiger partial charge in [0.2, 0.25) is 5.91 Å². The molecule has 0 aliphatic carbocycles. The molecule has 7 heteroatoms. The standard InChI is InChI=1S/C17H20N4O2S/c1-11(21-8-7-13-5-3-4-6-15(13)21)9-18-16(23)14-10-24-17(20-14)19-12(2)22/h3-6,10-11H,7-9H2,1-2H3,(H,18,23)(H,19,20,22)/t11-/m1/s1. The summed E-state index contributed by atoms with van der Waals surface area (Å²) in [6.07, 6.45) is 1.04. The summed E-state index contributed by atoms with van der Waals surface area (Å²) < 4.78 is 0. The molecule has 1 atom stereocenters. The largest absolute Gasteiger partial charge is 0.366 e. The maximum atomic E-state index is 12.2. The molecule has 0 radical (unpaired) electrons. The first-order chi connectivity index (χ1) is 11.5. The number of benzene rings is 1. The van der Waals surface area contributed by atoms with Crippen LogP contribution in [0.3, 0.4) is 0 Å². The van der Waals surface area contributed by atoms with Crippen molar-refractivity contribution in [3.05, 3.63) is 40.9 Å². The first-order valence-corrected chi connectivity index (χ1v) is 8.78. The summed E-state index contributed by atoms with van der Waals surface area (Å²) in [6, 6.07) is 8.58. The third-order valence-corrected chi connectivity index (χ3v) is 4.79. The molecule has 2 heterocycles. The van der Waals surface area contributed by atoms with Crippen molar-refractivity contribution in [2.45, 2.75) is 26.3 Å². The van der Waals surface area contributed by atoms with Crippen molar-refractivity contribution in [2.75, 3.05) is 23.3 Å². The van der Waals surface area contributed by atoms with Gasteiger partial charge in [-0.1, -0.05) is 18.2 Å². The lowest BCUT2D eigenvalue weighted by molar-refractivity contribution is -0.114. The number of aromatic nitrogens is 1. The maximum Gasteiger partial charge on any atom is 0.270 e. The lowest BCUT2D eigenvalue weighted by atomic mass is 10.2. The Kier molecular flexibility index (Phi) is 4.80. The minimum Gasteiger partial charge on any atom is -0.366 e. The van der Waals surface area contributed by atoms with Crippen LogP contribution in [0.2, 0.25) is 0 Å². The molecule has 0 saturated heterocycles. The first-order valence-electron chi connectivity index (χ1n) is 7.90. The van der Waals surface area contributed by atoms with Crippen molar-refractivity contribution in [3.8, 4) is 0 Å². The van der Waals surface area contributed by atoms with Crippen LogP contribution in [0.25, 0.3) is 0 Å². The normalized spacial score (nSPS) is 14.2. The van der Waals surface area contributed by atoms with E-state index in [9.17, 15) is 9.59 Å². The van der Waals surface area contributed by atoms with E-state index in [1.807, 2.05) is 6.07 Å². The second-order valence-electron chi connectivity index (χ2n) is 5.85. The summed E-state index contributed by atoms with van der Waals surface area (Å²) >= 11 is 1.24. The highest BCUT2D eigenvalue weighted by molar-refractivity contribution is 7.14. The van der Waals surface area contributed by atoms with E-state index in [1.165, 1.54) is 29.5 Å². The average molecular weight is 344 g/mol. The summed E-state index contributed by atoms with van der Waals surface area (Å²) in [4.78, 5) is 29.7. The molecule has 3 rings (SSSR count). The van der Waals surface area contributed by atoms with Gasteiger partial charge in [-0.05, 0) is 25.0 Å². The number of para-hydroxylation sites is 1. The van der Waals surface area contributed by atoms with Crippen LogP contribution in [0.4, 0.5) is 10.8 Å². The first kappa shape index (κ1) is 16.4. The van der Waals surface area contributed by atoms with Crippen LogP contribution >= 0.6 is 11.3 Å². The van der Waals surface area contributed by atoms with Gasteiger partial charge in [0.15, 0.2) is 5.13 Å². The second kappa shape index (κ2) is 7.00. The van der Waals surface area contributed by atoms with Crippen LogP contribution in [0.5, 0.6) is 0 Å². The molecule has 1 aromatic heterocycles. The Bertz CT molecular complexity index is 759. The van der Waals surface area contributed by atoms with E-state index in [-0.39, 0.29) is 17.9 Å². The average Bonchev–Trinajstić information content (AvgIpc) is 3.18. The molecule has 1 aliphatic rings. The van der Waals surface area contributed by atoms with E-state index in [0.717, 1.165) is 13.0 Å². The van der Waals surface area contributed by atoms with Gasteiger partial charge in [-0.3, -0.25) is 9.59 Å². The lowest BCUT2D eigenvalue weighted by Crippen LogP contribution is -2.41. The number of amides is 2. The topological polar surface area (TPSA) is 74.3 Å². The van der Waals surface area contributed by atoms with Crippen LogP contribution in [0, 0.1) is 0 Å². The van der Waals surface area contributed by atoms with Gasteiger partial charge < -0.3 is 15.5 Å². The van der Waals surface area contributed by atoms with E-state index < -0.39 is 0 Å². The van der Waals surface area contributed by atoms with Crippen molar-refractivity contribution in [1.29, 1.82) is 0 Å². The number of thiazole rings is 1. The zero-order valence-corrected chi connectivity index (χ0v) is 14.5. The molecular formula is C17H20N4O2S. The Morgan fingerprint density at radius 2 is 2.17 bits per heavy atom.